The lowest BCUT2D eigenvalue weighted by atomic mass is 10.2. The Bertz CT molecular complexity index is 319. The van der Waals surface area contributed by atoms with E-state index in [-0.39, 0.29) is 5.82 Å². The number of hydroxylamine groups is 1. The minimum atomic E-state index is -0.621. The van der Waals surface area contributed by atoms with Gasteiger partial charge in [0.2, 0.25) is 0 Å². The molecule has 1 amide bonds. The predicted octanol–water partition coefficient (Wildman–Crippen LogP) is 1.34. The zero-order valence-corrected chi connectivity index (χ0v) is 6.70. The molecule has 0 aromatic heterocycles. The Morgan fingerprint density at radius 3 is 2.54 bits per heavy atom. The molecule has 2 N–H and O–H groups in total. The highest BCUT2D eigenvalue weighted by molar-refractivity contribution is 5.90. The van der Waals surface area contributed by atoms with Crippen molar-refractivity contribution < 1.29 is 14.4 Å². The van der Waals surface area contributed by atoms with Crippen LogP contribution in [-0.2, 0) is 4.79 Å². The monoisotopic (exact) mass is 181 g/mol. The summed E-state index contributed by atoms with van der Waals surface area (Å²) in [7, 11) is 0. The number of amides is 1. The molecule has 0 aliphatic carbocycles. The predicted molar refractivity (Wildman–Crippen MR) is 45.4 cm³/mol. The van der Waals surface area contributed by atoms with Crippen molar-refractivity contribution in [3.05, 3.63) is 41.7 Å². The van der Waals surface area contributed by atoms with Gasteiger partial charge in [-0.1, -0.05) is 12.1 Å². The molecule has 0 spiro atoms. The van der Waals surface area contributed by atoms with Crippen LogP contribution in [0.2, 0.25) is 0 Å². The van der Waals surface area contributed by atoms with Gasteiger partial charge in [-0.15, -0.1) is 0 Å². The number of carbonyl (C=O) groups is 1. The number of benzene rings is 1. The largest absolute Gasteiger partial charge is 0.288 e. The Hall–Kier alpha value is -1.68. The van der Waals surface area contributed by atoms with Crippen molar-refractivity contribution in [2.24, 2.45) is 0 Å². The molecule has 0 saturated carbocycles. The van der Waals surface area contributed by atoms with Gasteiger partial charge in [0.25, 0.3) is 5.91 Å². The van der Waals surface area contributed by atoms with Gasteiger partial charge < -0.3 is 0 Å². The molecule has 1 aromatic rings. The van der Waals surface area contributed by atoms with E-state index in [1.807, 2.05) is 0 Å². The van der Waals surface area contributed by atoms with Crippen molar-refractivity contribution in [2.75, 3.05) is 0 Å². The summed E-state index contributed by atoms with van der Waals surface area (Å²) in [5, 5.41) is 8.15. The number of hydrogen-bond donors (Lipinski definition) is 2. The van der Waals surface area contributed by atoms with E-state index in [2.05, 4.69) is 0 Å². The summed E-state index contributed by atoms with van der Waals surface area (Å²) in [5.74, 6) is -0.951. The highest BCUT2D eigenvalue weighted by atomic mass is 19.1. The van der Waals surface area contributed by atoms with Crippen molar-refractivity contribution in [3.8, 4) is 0 Å². The van der Waals surface area contributed by atoms with Crippen LogP contribution in [0.5, 0.6) is 0 Å². The van der Waals surface area contributed by atoms with Crippen molar-refractivity contribution in [1.82, 2.24) is 5.48 Å². The van der Waals surface area contributed by atoms with E-state index in [0.717, 1.165) is 6.08 Å². The molecule has 0 aliphatic heterocycles. The molecule has 0 fully saturated rings. The Kier molecular flexibility index (Phi) is 3.16. The van der Waals surface area contributed by atoms with Gasteiger partial charge in [-0.3, -0.25) is 10.0 Å². The molecule has 0 atom stereocenters. The second kappa shape index (κ2) is 4.37. The SMILES string of the molecule is O=C(C=Cc1ccc(F)cc1)NO. The van der Waals surface area contributed by atoms with Gasteiger partial charge in [-0.2, -0.15) is 0 Å². The van der Waals surface area contributed by atoms with E-state index in [1.165, 1.54) is 35.8 Å². The molecule has 0 radical (unpaired) electrons. The summed E-state index contributed by atoms with van der Waals surface area (Å²) in [6, 6.07) is 5.63. The molecule has 1 rings (SSSR count). The van der Waals surface area contributed by atoms with Crippen LogP contribution in [-0.4, -0.2) is 11.1 Å². The van der Waals surface area contributed by atoms with Crippen LogP contribution < -0.4 is 5.48 Å². The fourth-order valence-corrected chi connectivity index (χ4v) is 0.783. The first-order valence-corrected chi connectivity index (χ1v) is 3.60. The molecule has 4 heteroatoms. The summed E-state index contributed by atoms with van der Waals surface area (Å²) in [4.78, 5) is 10.5. The molecule has 0 heterocycles. The summed E-state index contributed by atoms with van der Waals surface area (Å²) in [5.41, 5.74) is 2.13. The van der Waals surface area contributed by atoms with Crippen molar-refractivity contribution in [3.63, 3.8) is 0 Å². The summed E-state index contributed by atoms with van der Waals surface area (Å²) in [6.45, 7) is 0. The van der Waals surface area contributed by atoms with E-state index in [4.69, 9.17) is 5.21 Å². The first kappa shape index (κ1) is 9.41. The van der Waals surface area contributed by atoms with Crippen LogP contribution in [0.3, 0.4) is 0 Å². The summed E-state index contributed by atoms with van der Waals surface area (Å²) >= 11 is 0. The molecule has 0 bridgehead atoms. The normalized spacial score (nSPS) is 10.3. The minimum absolute atomic E-state index is 0.330. The average Bonchev–Trinajstić information content (AvgIpc) is 2.16. The molecule has 0 saturated heterocycles. The fourth-order valence-electron chi connectivity index (χ4n) is 0.783. The van der Waals surface area contributed by atoms with Crippen molar-refractivity contribution in [2.45, 2.75) is 0 Å². The maximum Gasteiger partial charge on any atom is 0.267 e. The van der Waals surface area contributed by atoms with Crippen LogP contribution in [0.15, 0.2) is 30.3 Å². The summed E-state index contributed by atoms with van der Waals surface area (Å²) in [6.07, 6.45) is 2.61. The van der Waals surface area contributed by atoms with E-state index in [1.54, 1.807) is 0 Å². The van der Waals surface area contributed by atoms with Crippen LogP contribution in [0.25, 0.3) is 6.08 Å². The third kappa shape index (κ3) is 3.04. The first-order valence-electron chi connectivity index (χ1n) is 3.60. The van der Waals surface area contributed by atoms with Gasteiger partial charge in [0.05, 0.1) is 0 Å². The smallest absolute Gasteiger partial charge is 0.267 e. The molecule has 1 aromatic carbocycles. The molecule has 68 valence electrons. The van der Waals surface area contributed by atoms with Crippen LogP contribution in [0, 0.1) is 5.82 Å². The van der Waals surface area contributed by atoms with Gasteiger partial charge in [0.1, 0.15) is 5.82 Å². The molecule has 0 aliphatic rings. The van der Waals surface area contributed by atoms with Crippen LogP contribution in [0.1, 0.15) is 5.56 Å². The van der Waals surface area contributed by atoms with Gasteiger partial charge >= 0.3 is 0 Å². The maximum absolute atomic E-state index is 12.4. The van der Waals surface area contributed by atoms with Crippen molar-refractivity contribution in [1.29, 1.82) is 0 Å². The molecular formula is C9H8FNO2. The van der Waals surface area contributed by atoms with Gasteiger partial charge in [0, 0.05) is 6.08 Å². The van der Waals surface area contributed by atoms with Crippen molar-refractivity contribution >= 4 is 12.0 Å². The highest BCUT2D eigenvalue weighted by Crippen LogP contribution is 2.03. The minimum Gasteiger partial charge on any atom is -0.288 e. The van der Waals surface area contributed by atoms with E-state index >= 15 is 0 Å². The molecule has 3 nitrogen and oxygen atoms in total. The topological polar surface area (TPSA) is 49.3 Å². The third-order valence-corrected chi connectivity index (χ3v) is 1.41. The number of carbonyl (C=O) groups excluding carboxylic acids is 1. The van der Waals surface area contributed by atoms with Gasteiger partial charge in [-0.25, -0.2) is 9.87 Å². The van der Waals surface area contributed by atoms with E-state index in [0.29, 0.717) is 5.56 Å². The quantitative estimate of drug-likeness (QED) is 0.411. The summed E-state index contributed by atoms with van der Waals surface area (Å²) < 4.78 is 12.4. The second-order valence-corrected chi connectivity index (χ2v) is 2.36. The molecule has 13 heavy (non-hydrogen) atoms. The first-order chi connectivity index (χ1) is 6.22. The lowest BCUT2D eigenvalue weighted by molar-refractivity contribution is -0.124. The second-order valence-electron chi connectivity index (χ2n) is 2.36. The number of rotatable bonds is 2. The zero-order chi connectivity index (χ0) is 9.68. The number of halogens is 1. The number of hydrogen-bond acceptors (Lipinski definition) is 2. The van der Waals surface area contributed by atoms with E-state index in [9.17, 15) is 9.18 Å². The highest BCUT2D eigenvalue weighted by Gasteiger charge is 1.91. The lowest BCUT2D eigenvalue weighted by Crippen LogP contribution is -2.14. The molecule has 0 unspecified atom stereocenters. The standard InChI is InChI=1S/C9H8FNO2/c10-8-4-1-7(2-5-8)3-6-9(12)11-13/h1-6,13H,(H,11,12). The lowest BCUT2D eigenvalue weighted by Gasteiger charge is -1.92. The van der Waals surface area contributed by atoms with Gasteiger partial charge in [0.15, 0.2) is 0 Å². The third-order valence-electron chi connectivity index (χ3n) is 1.41. The Labute approximate surface area is 74.5 Å². The van der Waals surface area contributed by atoms with E-state index < -0.39 is 5.91 Å². The van der Waals surface area contributed by atoms with Gasteiger partial charge in [-0.05, 0) is 23.8 Å². The Balaban J connectivity index is 2.69. The average molecular weight is 181 g/mol. The maximum atomic E-state index is 12.4. The van der Waals surface area contributed by atoms with Crippen LogP contribution >= 0.6 is 0 Å². The Morgan fingerprint density at radius 1 is 1.38 bits per heavy atom. The molecular weight excluding hydrogens is 173 g/mol. The fraction of sp³-hybridized carbons (Fsp3) is 0. The van der Waals surface area contributed by atoms with Crippen LogP contribution in [0.4, 0.5) is 4.39 Å². The number of nitrogens with one attached hydrogen (secondary N) is 1. The zero-order valence-electron chi connectivity index (χ0n) is 6.70. The Morgan fingerprint density at radius 2 is 2.00 bits per heavy atom.